The van der Waals surface area contributed by atoms with E-state index in [1.165, 1.54) is 0 Å². The summed E-state index contributed by atoms with van der Waals surface area (Å²) in [4.78, 5) is 26.9. The van der Waals surface area contributed by atoms with Gasteiger partial charge in [0, 0.05) is 50.9 Å². The highest BCUT2D eigenvalue weighted by atomic mass is 16.2. The summed E-state index contributed by atoms with van der Waals surface area (Å²) in [5.41, 5.74) is 0.958. The van der Waals surface area contributed by atoms with Crippen LogP contribution < -0.4 is 0 Å². The number of nitrogens with zero attached hydrogens (tertiary/aromatic N) is 5. The number of hydrogen-bond acceptors (Lipinski definition) is 4. The van der Waals surface area contributed by atoms with Gasteiger partial charge in [-0.05, 0) is 12.8 Å². The van der Waals surface area contributed by atoms with Gasteiger partial charge in [0.2, 0.25) is 5.91 Å². The number of hydrogen-bond donors (Lipinski definition) is 0. The van der Waals surface area contributed by atoms with Gasteiger partial charge in [-0.3, -0.25) is 14.3 Å². The minimum Gasteiger partial charge on any atom is -0.342 e. The first-order valence-electron chi connectivity index (χ1n) is 7.79. The standard InChI is InChI=1S/C16H21N5O/c1-3-15-18-6-8-21(15)16-10-17-9-14(19-16)13-5-4-7-20(11-13)12(2)22/h6,8-10,13H,3-5,7,11H2,1-2H3. The van der Waals surface area contributed by atoms with Crippen molar-refractivity contribution in [3.63, 3.8) is 0 Å². The Kier molecular flexibility index (Phi) is 4.18. The fourth-order valence-corrected chi connectivity index (χ4v) is 2.99. The van der Waals surface area contributed by atoms with E-state index in [0.29, 0.717) is 0 Å². The van der Waals surface area contributed by atoms with Crippen LogP contribution in [-0.2, 0) is 11.2 Å². The minimum absolute atomic E-state index is 0.136. The van der Waals surface area contributed by atoms with Crippen LogP contribution in [0, 0.1) is 0 Å². The average Bonchev–Trinajstić information content (AvgIpc) is 3.04. The van der Waals surface area contributed by atoms with Crippen LogP contribution in [0.3, 0.4) is 0 Å². The van der Waals surface area contributed by atoms with E-state index in [4.69, 9.17) is 4.98 Å². The molecule has 1 saturated heterocycles. The van der Waals surface area contributed by atoms with Gasteiger partial charge in [-0.15, -0.1) is 0 Å². The summed E-state index contributed by atoms with van der Waals surface area (Å²) in [6.07, 6.45) is 10.2. The maximum atomic E-state index is 11.6. The second-order valence-corrected chi connectivity index (χ2v) is 5.67. The number of imidazole rings is 1. The van der Waals surface area contributed by atoms with E-state index in [2.05, 4.69) is 16.9 Å². The molecule has 1 aliphatic rings. The molecule has 0 saturated carbocycles. The first kappa shape index (κ1) is 14.7. The monoisotopic (exact) mass is 299 g/mol. The van der Waals surface area contributed by atoms with Crippen molar-refractivity contribution in [3.8, 4) is 5.82 Å². The SMILES string of the molecule is CCc1nccn1-c1cncc(C2CCCN(C(C)=O)C2)n1. The molecule has 0 bridgehead atoms. The number of aromatic nitrogens is 4. The van der Waals surface area contributed by atoms with Crippen LogP contribution in [0.25, 0.3) is 5.82 Å². The van der Waals surface area contributed by atoms with Gasteiger partial charge in [-0.2, -0.15) is 0 Å². The predicted molar refractivity (Wildman–Crippen MR) is 82.8 cm³/mol. The van der Waals surface area contributed by atoms with E-state index in [0.717, 1.165) is 49.7 Å². The van der Waals surface area contributed by atoms with Crippen molar-refractivity contribution in [1.29, 1.82) is 0 Å². The summed E-state index contributed by atoms with van der Waals surface area (Å²) < 4.78 is 1.97. The van der Waals surface area contributed by atoms with Crippen LogP contribution >= 0.6 is 0 Å². The second-order valence-electron chi connectivity index (χ2n) is 5.67. The Labute approximate surface area is 130 Å². The van der Waals surface area contributed by atoms with E-state index in [1.807, 2.05) is 21.9 Å². The van der Waals surface area contributed by atoms with E-state index in [9.17, 15) is 4.79 Å². The zero-order chi connectivity index (χ0) is 15.5. The summed E-state index contributed by atoms with van der Waals surface area (Å²) in [5, 5.41) is 0. The highest BCUT2D eigenvalue weighted by Gasteiger charge is 2.24. The van der Waals surface area contributed by atoms with Crippen molar-refractivity contribution in [2.45, 2.75) is 39.0 Å². The maximum Gasteiger partial charge on any atom is 0.219 e. The summed E-state index contributed by atoms with van der Waals surface area (Å²) in [7, 11) is 0. The molecule has 6 heteroatoms. The van der Waals surface area contributed by atoms with Crippen molar-refractivity contribution >= 4 is 5.91 Å². The lowest BCUT2D eigenvalue weighted by molar-refractivity contribution is -0.130. The molecular weight excluding hydrogens is 278 g/mol. The third kappa shape index (κ3) is 2.86. The van der Waals surface area contributed by atoms with E-state index < -0.39 is 0 Å². The lowest BCUT2D eigenvalue weighted by Crippen LogP contribution is -2.37. The Morgan fingerprint density at radius 1 is 1.41 bits per heavy atom. The molecule has 0 aromatic carbocycles. The fraction of sp³-hybridized carbons (Fsp3) is 0.500. The maximum absolute atomic E-state index is 11.6. The number of aryl methyl sites for hydroxylation is 1. The highest BCUT2D eigenvalue weighted by Crippen LogP contribution is 2.25. The summed E-state index contributed by atoms with van der Waals surface area (Å²) in [6, 6.07) is 0. The normalized spacial score (nSPS) is 18.5. The Morgan fingerprint density at radius 2 is 2.27 bits per heavy atom. The topological polar surface area (TPSA) is 63.9 Å². The Hall–Kier alpha value is -2.24. The molecule has 0 radical (unpaired) electrons. The van der Waals surface area contributed by atoms with Gasteiger partial charge < -0.3 is 4.90 Å². The molecular formula is C16H21N5O. The molecule has 0 spiro atoms. The number of carbonyl (C=O) groups is 1. The lowest BCUT2D eigenvalue weighted by Gasteiger charge is -2.31. The van der Waals surface area contributed by atoms with Gasteiger partial charge in [-0.1, -0.05) is 6.92 Å². The predicted octanol–water partition coefficient (Wildman–Crippen LogP) is 1.95. The van der Waals surface area contributed by atoms with Crippen LogP contribution in [0.4, 0.5) is 0 Å². The molecule has 6 nitrogen and oxygen atoms in total. The molecule has 1 aliphatic heterocycles. The first-order chi connectivity index (χ1) is 10.7. The van der Waals surface area contributed by atoms with Crippen LogP contribution in [0.2, 0.25) is 0 Å². The number of carbonyl (C=O) groups excluding carboxylic acids is 1. The summed E-state index contributed by atoms with van der Waals surface area (Å²) in [6.45, 7) is 5.28. The molecule has 0 N–H and O–H groups in total. The van der Waals surface area contributed by atoms with Crippen molar-refractivity contribution in [1.82, 2.24) is 24.4 Å². The molecule has 2 aromatic rings. The van der Waals surface area contributed by atoms with E-state index in [1.54, 1.807) is 19.3 Å². The number of amides is 1. The van der Waals surface area contributed by atoms with Gasteiger partial charge in [0.15, 0.2) is 5.82 Å². The van der Waals surface area contributed by atoms with Gasteiger partial charge in [0.1, 0.15) is 5.82 Å². The second kappa shape index (κ2) is 6.25. The molecule has 22 heavy (non-hydrogen) atoms. The minimum atomic E-state index is 0.136. The van der Waals surface area contributed by atoms with Crippen LogP contribution in [0.5, 0.6) is 0 Å². The Balaban J connectivity index is 1.86. The number of piperidine rings is 1. The molecule has 3 rings (SSSR count). The van der Waals surface area contributed by atoms with Crippen molar-refractivity contribution in [2.75, 3.05) is 13.1 Å². The molecule has 1 atom stereocenters. The van der Waals surface area contributed by atoms with Crippen molar-refractivity contribution in [3.05, 3.63) is 36.3 Å². The largest absolute Gasteiger partial charge is 0.342 e. The molecule has 1 unspecified atom stereocenters. The van der Waals surface area contributed by atoms with Crippen molar-refractivity contribution in [2.24, 2.45) is 0 Å². The van der Waals surface area contributed by atoms with E-state index >= 15 is 0 Å². The molecule has 2 aromatic heterocycles. The molecule has 1 fully saturated rings. The Morgan fingerprint density at radius 3 is 3.05 bits per heavy atom. The first-order valence-corrected chi connectivity index (χ1v) is 7.79. The van der Waals surface area contributed by atoms with Gasteiger partial charge in [0.05, 0.1) is 11.9 Å². The number of rotatable bonds is 3. The highest BCUT2D eigenvalue weighted by molar-refractivity contribution is 5.73. The Bertz CT molecular complexity index is 666. The van der Waals surface area contributed by atoms with Crippen molar-refractivity contribution < 1.29 is 4.79 Å². The zero-order valence-electron chi connectivity index (χ0n) is 13.1. The third-order valence-corrected chi connectivity index (χ3v) is 4.21. The van der Waals surface area contributed by atoms with Gasteiger partial charge in [-0.25, -0.2) is 9.97 Å². The van der Waals surface area contributed by atoms with Gasteiger partial charge >= 0.3 is 0 Å². The average molecular weight is 299 g/mol. The smallest absolute Gasteiger partial charge is 0.219 e. The van der Waals surface area contributed by atoms with Crippen LogP contribution in [0.1, 0.15) is 44.1 Å². The zero-order valence-corrected chi connectivity index (χ0v) is 13.1. The molecule has 1 amide bonds. The third-order valence-electron chi connectivity index (χ3n) is 4.21. The van der Waals surface area contributed by atoms with Gasteiger partial charge in [0.25, 0.3) is 0 Å². The van der Waals surface area contributed by atoms with Crippen LogP contribution in [0.15, 0.2) is 24.8 Å². The summed E-state index contributed by atoms with van der Waals surface area (Å²) in [5.74, 6) is 2.17. The van der Waals surface area contributed by atoms with Crippen LogP contribution in [-0.4, -0.2) is 43.4 Å². The quantitative estimate of drug-likeness (QED) is 0.869. The fourth-order valence-electron chi connectivity index (χ4n) is 2.99. The summed E-state index contributed by atoms with van der Waals surface area (Å²) >= 11 is 0. The molecule has 116 valence electrons. The van der Waals surface area contributed by atoms with E-state index in [-0.39, 0.29) is 11.8 Å². The molecule has 0 aliphatic carbocycles. The lowest BCUT2D eigenvalue weighted by atomic mass is 9.95. The number of likely N-dealkylation sites (tertiary alicyclic amines) is 1. The molecule has 3 heterocycles.